The zero-order chi connectivity index (χ0) is 11.0. The molecule has 0 aliphatic rings. The van der Waals surface area contributed by atoms with Gasteiger partial charge in [-0.05, 0) is 0 Å². The Morgan fingerprint density at radius 2 is 1.36 bits per heavy atom. The molecule has 0 fully saturated rings. The summed E-state index contributed by atoms with van der Waals surface area (Å²) in [5, 5.41) is 1.80. The van der Waals surface area contributed by atoms with E-state index >= 15 is 0 Å². The van der Waals surface area contributed by atoms with Crippen LogP contribution in [0.15, 0.2) is 0 Å². The number of hydrogen-bond acceptors (Lipinski definition) is 4. The van der Waals surface area contributed by atoms with Crippen molar-refractivity contribution in [3.05, 3.63) is 0 Å². The molecule has 14 heavy (non-hydrogen) atoms. The van der Waals surface area contributed by atoms with Crippen LogP contribution in [0.25, 0.3) is 0 Å². The minimum absolute atomic E-state index is 0.163. The van der Waals surface area contributed by atoms with Gasteiger partial charge in [0.25, 0.3) is 0 Å². The van der Waals surface area contributed by atoms with Gasteiger partial charge in [0.2, 0.25) is 0 Å². The fourth-order valence-corrected chi connectivity index (χ4v) is 3.72. The van der Waals surface area contributed by atoms with Gasteiger partial charge in [0.1, 0.15) is 0 Å². The Morgan fingerprint density at radius 1 is 1.00 bits per heavy atom. The number of methoxy groups -OCH3 is 2. The molecule has 0 N–H and O–H groups in total. The van der Waals surface area contributed by atoms with E-state index in [1.807, 2.05) is 0 Å². The van der Waals surface area contributed by atoms with E-state index in [0.717, 1.165) is 10.4 Å². The first-order valence-electron chi connectivity index (χ1n) is 4.42. The second kappa shape index (κ2) is 7.86. The van der Waals surface area contributed by atoms with E-state index in [2.05, 4.69) is 15.2 Å². The summed E-state index contributed by atoms with van der Waals surface area (Å²) in [6, 6.07) is 0. The van der Waals surface area contributed by atoms with E-state index in [-0.39, 0.29) is 11.9 Å². The fourth-order valence-electron chi connectivity index (χ4n) is 0.880. The molecule has 0 aliphatic carbocycles. The third kappa shape index (κ3) is 6.96. The molecule has 0 heterocycles. The molecule has 82 valence electrons. The molecule has 0 saturated heterocycles. The van der Waals surface area contributed by atoms with Gasteiger partial charge in [0, 0.05) is 0 Å². The molecule has 0 aromatic heterocycles. The van der Waals surface area contributed by atoms with E-state index in [4.69, 9.17) is 0 Å². The molecular weight excluding hydrogens is 247 g/mol. The summed E-state index contributed by atoms with van der Waals surface area (Å²) >= 11 is -1.01. The van der Waals surface area contributed by atoms with Gasteiger partial charge in [-0.3, -0.25) is 0 Å². The Balaban J connectivity index is 3.50. The van der Waals surface area contributed by atoms with E-state index in [0.29, 0.717) is 12.8 Å². The predicted molar refractivity (Wildman–Crippen MR) is 54.5 cm³/mol. The first-order valence-corrected chi connectivity index (χ1v) is 8.95. The molecule has 0 radical (unpaired) electrons. The summed E-state index contributed by atoms with van der Waals surface area (Å²) in [6.45, 7) is 0. The molecule has 0 aromatic rings. The Kier molecular flexibility index (Phi) is 7.58. The quantitative estimate of drug-likeness (QED) is 0.535. The van der Waals surface area contributed by atoms with Gasteiger partial charge < -0.3 is 0 Å². The summed E-state index contributed by atoms with van der Waals surface area (Å²) in [5.41, 5.74) is 2.15. The molecule has 0 aromatic carbocycles. The van der Waals surface area contributed by atoms with Crippen LogP contribution in [0.4, 0.5) is 0 Å². The maximum atomic E-state index is 10.8. The first-order chi connectivity index (χ1) is 6.60. The third-order valence-electron chi connectivity index (χ3n) is 1.85. The summed E-state index contributed by atoms with van der Waals surface area (Å²) in [7, 11) is 2.79. The van der Waals surface area contributed by atoms with Crippen LogP contribution in [0.5, 0.6) is 0 Å². The molecule has 0 aliphatic heterocycles. The van der Waals surface area contributed by atoms with Crippen molar-refractivity contribution in [2.45, 2.75) is 29.0 Å². The van der Waals surface area contributed by atoms with Gasteiger partial charge in [-0.2, -0.15) is 0 Å². The predicted octanol–water partition coefficient (Wildman–Crippen LogP) is 1.24. The molecule has 4 nitrogen and oxygen atoms in total. The molecule has 0 rings (SSSR count). The molecule has 0 unspecified atom stereocenters. The van der Waals surface area contributed by atoms with Crippen LogP contribution in [-0.4, -0.2) is 40.8 Å². The van der Waals surface area contributed by atoms with Crippen molar-refractivity contribution in [3.63, 3.8) is 0 Å². The van der Waals surface area contributed by atoms with Crippen LogP contribution in [0.3, 0.4) is 0 Å². The topological polar surface area (TPSA) is 52.6 Å². The number of esters is 2. The van der Waals surface area contributed by atoms with Gasteiger partial charge in [0.05, 0.1) is 0 Å². The molecule has 0 atom stereocenters. The summed E-state index contributed by atoms with van der Waals surface area (Å²) in [5.74, 6) is -0.325. The standard InChI is InChI=1S/C9H17AsO4/c1-10(6-4-8(11)13-2)7-5-9(12)14-3/h4-7H2,1-3H3. The number of carbonyl (C=O) groups is 2. The maximum absolute atomic E-state index is 10.8. The zero-order valence-electron chi connectivity index (χ0n) is 8.91. The number of carbonyl (C=O) groups excluding carboxylic acids is 2. The van der Waals surface area contributed by atoms with Crippen molar-refractivity contribution in [3.8, 4) is 0 Å². The molecular formula is C9H17AsO4. The average Bonchev–Trinajstić information content (AvgIpc) is 2.22. The van der Waals surface area contributed by atoms with E-state index < -0.39 is 14.7 Å². The SMILES string of the molecule is COC(=O)CC[As](C)CCC(=O)OC. The van der Waals surface area contributed by atoms with Crippen molar-refractivity contribution in [2.75, 3.05) is 14.2 Å². The van der Waals surface area contributed by atoms with Crippen molar-refractivity contribution in [1.29, 1.82) is 0 Å². The zero-order valence-corrected chi connectivity index (χ0v) is 10.8. The second-order valence-electron chi connectivity index (χ2n) is 2.96. The van der Waals surface area contributed by atoms with Gasteiger partial charge in [0.15, 0.2) is 0 Å². The minimum atomic E-state index is -1.01. The van der Waals surface area contributed by atoms with Gasteiger partial charge in [-0.15, -0.1) is 0 Å². The molecule has 0 amide bonds. The fraction of sp³-hybridized carbons (Fsp3) is 0.778. The van der Waals surface area contributed by atoms with Crippen molar-refractivity contribution < 1.29 is 19.1 Å². The van der Waals surface area contributed by atoms with E-state index in [1.165, 1.54) is 14.2 Å². The van der Waals surface area contributed by atoms with Gasteiger partial charge in [-0.1, -0.05) is 0 Å². The third-order valence-corrected chi connectivity index (χ3v) is 5.99. The molecule has 0 spiro atoms. The van der Waals surface area contributed by atoms with Crippen LogP contribution in [-0.2, 0) is 19.1 Å². The monoisotopic (exact) mass is 264 g/mol. The summed E-state index contributed by atoms with van der Waals surface area (Å²) in [6.07, 6.45) is 0.961. The van der Waals surface area contributed by atoms with Crippen molar-refractivity contribution in [2.24, 2.45) is 0 Å². The van der Waals surface area contributed by atoms with Crippen LogP contribution in [0.1, 0.15) is 12.8 Å². The number of hydrogen-bond donors (Lipinski definition) is 0. The summed E-state index contributed by atoms with van der Waals surface area (Å²) < 4.78 is 9.08. The van der Waals surface area contributed by atoms with Crippen LogP contribution < -0.4 is 0 Å². The number of ether oxygens (including phenoxy) is 2. The average molecular weight is 264 g/mol. The van der Waals surface area contributed by atoms with Crippen molar-refractivity contribution >= 4 is 26.6 Å². The Labute approximate surface area is 89.2 Å². The Morgan fingerprint density at radius 3 is 1.64 bits per heavy atom. The van der Waals surface area contributed by atoms with Gasteiger partial charge >= 0.3 is 88.8 Å². The molecule has 5 heteroatoms. The van der Waals surface area contributed by atoms with Crippen molar-refractivity contribution in [1.82, 2.24) is 0 Å². The van der Waals surface area contributed by atoms with Gasteiger partial charge in [-0.25, -0.2) is 0 Å². The Hall–Kier alpha value is -0.502. The molecule has 0 saturated carbocycles. The second-order valence-corrected chi connectivity index (χ2v) is 8.42. The van der Waals surface area contributed by atoms with Crippen LogP contribution in [0, 0.1) is 0 Å². The normalized spacial score (nSPS) is 10.0. The first kappa shape index (κ1) is 13.5. The van der Waals surface area contributed by atoms with E-state index in [9.17, 15) is 9.59 Å². The summed E-state index contributed by atoms with van der Waals surface area (Å²) in [4.78, 5) is 21.6. The van der Waals surface area contributed by atoms with Crippen LogP contribution in [0.2, 0.25) is 16.1 Å². The molecule has 0 bridgehead atoms. The number of rotatable bonds is 6. The van der Waals surface area contributed by atoms with E-state index in [1.54, 1.807) is 0 Å². The Bertz CT molecular complexity index is 173. The van der Waals surface area contributed by atoms with Crippen LogP contribution >= 0.6 is 0 Å².